The van der Waals surface area contributed by atoms with Crippen molar-refractivity contribution in [2.24, 2.45) is 0 Å². The third-order valence-corrected chi connectivity index (χ3v) is 6.16. The lowest BCUT2D eigenvalue weighted by molar-refractivity contribution is -0.119. The third kappa shape index (κ3) is 4.99. The van der Waals surface area contributed by atoms with Crippen molar-refractivity contribution in [1.29, 1.82) is 0 Å². The Morgan fingerprint density at radius 1 is 1.03 bits per heavy atom. The summed E-state index contributed by atoms with van der Waals surface area (Å²) in [5.41, 5.74) is 4.66. The quantitative estimate of drug-likeness (QED) is 0.385. The van der Waals surface area contributed by atoms with Crippen LogP contribution >= 0.6 is 0 Å². The van der Waals surface area contributed by atoms with Crippen LogP contribution < -0.4 is 5.32 Å². The summed E-state index contributed by atoms with van der Waals surface area (Å²) in [6.07, 6.45) is 4.90. The lowest BCUT2D eigenvalue weighted by atomic mass is 10.0. The molecule has 0 unspecified atom stereocenters. The number of anilines is 1. The van der Waals surface area contributed by atoms with Gasteiger partial charge in [-0.2, -0.15) is 0 Å². The summed E-state index contributed by atoms with van der Waals surface area (Å²) in [6, 6.07) is 17.6. The fourth-order valence-electron chi connectivity index (χ4n) is 4.41. The zero-order valence-corrected chi connectivity index (χ0v) is 20.5. The van der Waals surface area contributed by atoms with Gasteiger partial charge in [0.1, 0.15) is 5.76 Å². The Morgan fingerprint density at radius 3 is 2.54 bits per heavy atom. The number of fused-ring (bicyclic) bond motifs is 2. The maximum atomic E-state index is 13.3. The van der Waals surface area contributed by atoms with E-state index in [1.807, 2.05) is 42.5 Å². The van der Waals surface area contributed by atoms with Crippen molar-refractivity contribution < 1.29 is 23.5 Å². The van der Waals surface area contributed by atoms with Crippen LogP contribution in [0.3, 0.4) is 0 Å². The molecule has 1 N–H and O–H groups in total. The number of nitrogens with zero attached hydrogens (tertiary/aromatic N) is 2. The highest BCUT2D eigenvalue weighted by Gasteiger charge is 2.28. The van der Waals surface area contributed by atoms with E-state index >= 15 is 0 Å². The minimum absolute atomic E-state index is 0.133. The highest BCUT2D eigenvalue weighted by Crippen LogP contribution is 2.37. The van der Waals surface area contributed by atoms with Crippen molar-refractivity contribution >= 4 is 46.0 Å². The van der Waals surface area contributed by atoms with Crippen LogP contribution in [-0.4, -0.2) is 48.4 Å². The van der Waals surface area contributed by atoms with Crippen LogP contribution in [0.5, 0.6) is 0 Å². The summed E-state index contributed by atoms with van der Waals surface area (Å²) in [7, 11) is 3.34. The summed E-state index contributed by atoms with van der Waals surface area (Å²) < 4.78 is 10.9. The first-order valence-corrected chi connectivity index (χ1v) is 11.9. The molecule has 0 radical (unpaired) electrons. The van der Waals surface area contributed by atoms with E-state index in [4.69, 9.17) is 14.1 Å². The molecule has 2 aromatic carbocycles. The number of benzene rings is 2. The van der Waals surface area contributed by atoms with Crippen molar-refractivity contribution in [1.82, 2.24) is 9.88 Å². The predicted octanol–water partition coefficient (Wildman–Crippen LogP) is 4.81. The van der Waals surface area contributed by atoms with E-state index in [1.165, 1.54) is 4.90 Å². The second kappa shape index (κ2) is 10.1. The number of para-hydroxylation sites is 1. The number of hydrogen-bond donors (Lipinski definition) is 1. The van der Waals surface area contributed by atoms with E-state index in [-0.39, 0.29) is 5.91 Å². The number of rotatable bonds is 6. The van der Waals surface area contributed by atoms with Crippen molar-refractivity contribution in [3.63, 3.8) is 0 Å². The molecule has 0 saturated carbocycles. The molecule has 2 heterocycles. The number of aromatic nitrogens is 1. The third-order valence-electron chi connectivity index (χ3n) is 6.16. The molecule has 5 rings (SSSR count). The van der Waals surface area contributed by atoms with Crippen molar-refractivity contribution in [2.45, 2.75) is 12.8 Å². The molecule has 186 valence electrons. The lowest BCUT2D eigenvalue weighted by Crippen LogP contribution is -2.22. The zero-order valence-electron chi connectivity index (χ0n) is 20.5. The van der Waals surface area contributed by atoms with Gasteiger partial charge in [0.25, 0.3) is 11.8 Å². The zero-order chi connectivity index (χ0) is 25.9. The predicted molar refractivity (Wildman–Crippen MR) is 140 cm³/mol. The van der Waals surface area contributed by atoms with E-state index in [2.05, 4.69) is 5.32 Å². The summed E-state index contributed by atoms with van der Waals surface area (Å²) in [5.74, 6) is -0.464. The fourth-order valence-corrected chi connectivity index (χ4v) is 4.41. The normalized spacial score (nSPS) is 13.4. The van der Waals surface area contributed by atoms with Gasteiger partial charge in [0.05, 0.1) is 23.0 Å². The van der Waals surface area contributed by atoms with Crippen LogP contribution in [0.2, 0.25) is 0 Å². The van der Waals surface area contributed by atoms with E-state index in [1.54, 1.807) is 44.6 Å². The van der Waals surface area contributed by atoms with Crippen LogP contribution in [-0.2, 0) is 16.0 Å². The van der Waals surface area contributed by atoms with Gasteiger partial charge in [-0.3, -0.25) is 9.59 Å². The summed E-state index contributed by atoms with van der Waals surface area (Å²) in [6.45, 7) is -0.447. The van der Waals surface area contributed by atoms with E-state index in [0.717, 1.165) is 22.6 Å². The van der Waals surface area contributed by atoms with E-state index in [9.17, 15) is 14.4 Å². The topological polar surface area (TPSA) is 102 Å². The Kier molecular flexibility index (Phi) is 6.55. The number of carbonyl (C=O) groups is 3. The number of ether oxygens (including phenoxy) is 1. The monoisotopic (exact) mass is 495 g/mol. The Balaban J connectivity index is 1.34. The molecule has 8 heteroatoms. The lowest BCUT2D eigenvalue weighted by Gasteiger charge is -2.13. The molecule has 2 amide bonds. The van der Waals surface area contributed by atoms with Gasteiger partial charge in [-0.05, 0) is 72.5 Å². The van der Waals surface area contributed by atoms with Gasteiger partial charge < -0.3 is 19.4 Å². The number of nitrogens with one attached hydrogen (secondary N) is 1. The Morgan fingerprint density at radius 2 is 1.81 bits per heavy atom. The van der Waals surface area contributed by atoms with Crippen LogP contribution in [0.1, 0.15) is 44.2 Å². The Bertz CT molecular complexity index is 1520. The Hall–Kier alpha value is -4.72. The molecule has 0 fully saturated rings. The Labute approximate surface area is 213 Å². The smallest absolute Gasteiger partial charge is 0.339 e. The molecule has 1 aliphatic carbocycles. The molecule has 0 aliphatic heterocycles. The molecule has 1 aliphatic rings. The minimum Gasteiger partial charge on any atom is -0.465 e. The fraction of sp³-hybridized carbons (Fsp3) is 0.172. The van der Waals surface area contributed by atoms with Gasteiger partial charge in [-0.15, -0.1) is 0 Å². The van der Waals surface area contributed by atoms with E-state index in [0.29, 0.717) is 40.6 Å². The summed E-state index contributed by atoms with van der Waals surface area (Å²) >= 11 is 0. The molecule has 8 nitrogen and oxygen atoms in total. The van der Waals surface area contributed by atoms with Crippen LogP contribution in [0.4, 0.5) is 5.69 Å². The number of amides is 2. The van der Waals surface area contributed by atoms with Gasteiger partial charge in [-0.1, -0.05) is 18.2 Å². The largest absolute Gasteiger partial charge is 0.465 e. The second-order valence-electron chi connectivity index (χ2n) is 8.92. The number of carbonyl (C=O) groups excluding carboxylic acids is 3. The van der Waals surface area contributed by atoms with Crippen molar-refractivity contribution in [3.05, 3.63) is 95.1 Å². The van der Waals surface area contributed by atoms with Crippen LogP contribution in [0.15, 0.2) is 71.3 Å². The number of hydrogen-bond acceptors (Lipinski definition) is 6. The average molecular weight is 496 g/mol. The molecule has 37 heavy (non-hydrogen) atoms. The van der Waals surface area contributed by atoms with Crippen molar-refractivity contribution in [3.8, 4) is 0 Å². The molecule has 4 aromatic rings. The van der Waals surface area contributed by atoms with Crippen LogP contribution in [0.25, 0.3) is 22.6 Å². The highest BCUT2D eigenvalue weighted by atomic mass is 16.5. The van der Waals surface area contributed by atoms with Gasteiger partial charge in [0, 0.05) is 30.7 Å². The number of esters is 1. The maximum absolute atomic E-state index is 13.3. The van der Waals surface area contributed by atoms with E-state index < -0.39 is 18.5 Å². The molecule has 0 atom stereocenters. The maximum Gasteiger partial charge on any atom is 0.339 e. The number of furan rings is 1. The highest BCUT2D eigenvalue weighted by molar-refractivity contribution is 6.08. The van der Waals surface area contributed by atoms with Crippen LogP contribution in [0, 0.1) is 0 Å². The molecular formula is C29H25N3O5. The SMILES string of the molecule is CN(C)C(=O)c1ccc(NC(=O)COC(=O)c2c3c(nc4ccccc24)/C(=C/c2ccco2)CC3)cc1. The van der Waals surface area contributed by atoms with Crippen molar-refractivity contribution in [2.75, 3.05) is 26.0 Å². The minimum atomic E-state index is -0.573. The van der Waals surface area contributed by atoms with Gasteiger partial charge in [0.15, 0.2) is 6.61 Å². The standard InChI is InChI=1S/C29H25N3O5/c1-32(2)28(34)18-9-12-20(13-10-18)30-25(33)17-37-29(35)26-22-7-3-4-8-24(22)31-27-19(11-14-23(26)27)16-21-6-5-15-36-21/h3-10,12-13,15-16H,11,14,17H2,1-2H3,(H,30,33)/b19-16+. The molecule has 0 saturated heterocycles. The average Bonchev–Trinajstić information content (AvgIpc) is 3.56. The summed E-state index contributed by atoms with van der Waals surface area (Å²) in [5, 5.41) is 3.38. The van der Waals surface area contributed by atoms with Gasteiger partial charge in [-0.25, -0.2) is 9.78 Å². The van der Waals surface area contributed by atoms with Gasteiger partial charge in [0.2, 0.25) is 0 Å². The second-order valence-corrected chi connectivity index (χ2v) is 8.92. The molecule has 2 aromatic heterocycles. The molecular weight excluding hydrogens is 470 g/mol. The molecule has 0 bridgehead atoms. The first-order valence-electron chi connectivity index (χ1n) is 11.9. The summed E-state index contributed by atoms with van der Waals surface area (Å²) in [4.78, 5) is 44.1. The first kappa shape index (κ1) is 24.0. The number of allylic oxidation sites excluding steroid dienone is 1. The number of pyridine rings is 1. The molecule has 0 spiro atoms. The van der Waals surface area contributed by atoms with Gasteiger partial charge >= 0.3 is 5.97 Å². The first-order chi connectivity index (χ1) is 17.9.